The minimum Gasteiger partial charge on any atom is -0.338 e. The number of rotatable bonds is 1. The van der Waals surface area contributed by atoms with E-state index >= 15 is 0 Å². The molecule has 2 unspecified atom stereocenters. The van der Waals surface area contributed by atoms with Gasteiger partial charge in [0.15, 0.2) is 0 Å². The summed E-state index contributed by atoms with van der Waals surface area (Å²) in [6, 6.07) is 3.44. The van der Waals surface area contributed by atoms with Crippen molar-refractivity contribution in [3.63, 3.8) is 0 Å². The van der Waals surface area contributed by atoms with Gasteiger partial charge in [0.2, 0.25) is 0 Å². The van der Waals surface area contributed by atoms with Crippen molar-refractivity contribution in [3.8, 4) is 0 Å². The molecular formula is C13H17ClN2O. The molecule has 3 nitrogen and oxygen atoms in total. The molecule has 2 heterocycles. The summed E-state index contributed by atoms with van der Waals surface area (Å²) in [6.45, 7) is 7.88. The first kappa shape index (κ1) is 12.4. The van der Waals surface area contributed by atoms with Crippen LogP contribution < -0.4 is 0 Å². The lowest BCUT2D eigenvalue weighted by molar-refractivity contribution is 0.0785. The van der Waals surface area contributed by atoms with Crippen LogP contribution in [-0.4, -0.2) is 28.9 Å². The molecule has 1 aromatic heterocycles. The number of likely N-dealkylation sites (tertiary alicyclic amines) is 1. The third-order valence-corrected chi connectivity index (χ3v) is 3.64. The van der Waals surface area contributed by atoms with E-state index in [1.165, 1.54) is 0 Å². The standard InChI is InChI=1S/C13H17ClN2O/c1-8-6-16(7-9(8)2)13(17)11-4-10(3)15-12(14)5-11/h4-5,8-9H,6-7H2,1-3H3. The number of aryl methyl sites for hydroxylation is 1. The van der Waals surface area contributed by atoms with Gasteiger partial charge in [-0.15, -0.1) is 0 Å². The number of amides is 1. The van der Waals surface area contributed by atoms with Gasteiger partial charge in [-0.2, -0.15) is 0 Å². The second kappa shape index (κ2) is 4.65. The molecule has 2 rings (SSSR count). The average Bonchev–Trinajstić information content (AvgIpc) is 2.57. The number of aromatic nitrogens is 1. The van der Waals surface area contributed by atoms with Crippen LogP contribution in [0.5, 0.6) is 0 Å². The Kier molecular flexibility index (Phi) is 3.38. The summed E-state index contributed by atoms with van der Waals surface area (Å²) in [6.07, 6.45) is 0. The largest absolute Gasteiger partial charge is 0.338 e. The van der Waals surface area contributed by atoms with Crippen LogP contribution in [0.3, 0.4) is 0 Å². The SMILES string of the molecule is Cc1cc(C(=O)N2CC(C)C(C)C2)cc(Cl)n1. The summed E-state index contributed by atoms with van der Waals surface area (Å²) in [4.78, 5) is 18.3. The summed E-state index contributed by atoms with van der Waals surface area (Å²) in [5.74, 6) is 1.20. The highest BCUT2D eigenvalue weighted by Crippen LogP contribution is 2.24. The van der Waals surface area contributed by atoms with Crippen molar-refractivity contribution in [1.82, 2.24) is 9.88 Å². The molecule has 1 aliphatic heterocycles. The fourth-order valence-corrected chi connectivity index (χ4v) is 2.48. The number of carbonyl (C=O) groups is 1. The van der Waals surface area contributed by atoms with E-state index < -0.39 is 0 Å². The van der Waals surface area contributed by atoms with Crippen LogP contribution in [-0.2, 0) is 0 Å². The highest BCUT2D eigenvalue weighted by Gasteiger charge is 2.30. The molecule has 0 aromatic carbocycles. The van der Waals surface area contributed by atoms with E-state index in [9.17, 15) is 4.79 Å². The normalized spacial score (nSPS) is 24.1. The Hall–Kier alpha value is -1.09. The van der Waals surface area contributed by atoms with Gasteiger partial charge in [-0.3, -0.25) is 4.79 Å². The van der Waals surface area contributed by atoms with Crippen molar-refractivity contribution in [3.05, 3.63) is 28.5 Å². The third-order valence-electron chi connectivity index (χ3n) is 3.44. The van der Waals surface area contributed by atoms with E-state index in [0.29, 0.717) is 22.6 Å². The number of nitrogens with zero attached hydrogens (tertiary/aromatic N) is 2. The second-order valence-corrected chi connectivity index (χ2v) is 5.37. The van der Waals surface area contributed by atoms with E-state index in [1.54, 1.807) is 12.1 Å². The Morgan fingerprint density at radius 1 is 1.35 bits per heavy atom. The van der Waals surface area contributed by atoms with Crippen LogP contribution >= 0.6 is 11.6 Å². The first-order chi connectivity index (χ1) is 7.97. The summed E-state index contributed by atoms with van der Waals surface area (Å²) in [5.41, 5.74) is 1.42. The smallest absolute Gasteiger partial charge is 0.254 e. The Morgan fingerprint density at radius 3 is 2.47 bits per heavy atom. The molecule has 1 saturated heterocycles. The van der Waals surface area contributed by atoms with E-state index in [4.69, 9.17) is 11.6 Å². The fourth-order valence-electron chi connectivity index (χ4n) is 2.23. The maximum Gasteiger partial charge on any atom is 0.254 e. The molecule has 0 bridgehead atoms. The summed E-state index contributed by atoms with van der Waals surface area (Å²) < 4.78 is 0. The zero-order valence-corrected chi connectivity index (χ0v) is 11.2. The third kappa shape index (κ3) is 2.60. The first-order valence-corrected chi connectivity index (χ1v) is 6.28. The lowest BCUT2D eigenvalue weighted by Crippen LogP contribution is -2.29. The predicted molar refractivity (Wildman–Crippen MR) is 68.2 cm³/mol. The summed E-state index contributed by atoms with van der Waals surface area (Å²) in [7, 11) is 0. The van der Waals surface area contributed by atoms with Crippen molar-refractivity contribution >= 4 is 17.5 Å². The van der Waals surface area contributed by atoms with E-state index in [2.05, 4.69) is 18.8 Å². The van der Waals surface area contributed by atoms with Gasteiger partial charge >= 0.3 is 0 Å². The number of carbonyl (C=O) groups excluding carboxylic acids is 1. The molecule has 0 saturated carbocycles. The van der Waals surface area contributed by atoms with Crippen molar-refractivity contribution < 1.29 is 4.79 Å². The molecular weight excluding hydrogens is 236 g/mol. The number of halogens is 1. The molecule has 2 atom stereocenters. The Morgan fingerprint density at radius 2 is 1.94 bits per heavy atom. The molecule has 0 spiro atoms. The summed E-state index contributed by atoms with van der Waals surface area (Å²) in [5, 5.41) is 0.383. The van der Waals surface area contributed by atoms with Crippen molar-refractivity contribution in [1.29, 1.82) is 0 Å². The van der Waals surface area contributed by atoms with Gasteiger partial charge in [-0.05, 0) is 30.9 Å². The van der Waals surface area contributed by atoms with Crippen molar-refractivity contribution in [2.24, 2.45) is 11.8 Å². The lowest BCUT2D eigenvalue weighted by Gasteiger charge is -2.16. The van der Waals surface area contributed by atoms with Gasteiger partial charge in [0.25, 0.3) is 5.91 Å². The Labute approximate surface area is 107 Å². The molecule has 17 heavy (non-hydrogen) atoms. The van der Waals surface area contributed by atoms with E-state index in [1.807, 2.05) is 11.8 Å². The number of pyridine rings is 1. The second-order valence-electron chi connectivity index (χ2n) is 4.98. The van der Waals surface area contributed by atoms with Gasteiger partial charge in [-0.25, -0.2) is 4.98 Å². The predicted octanol–water partition coefficient (Wildman–Crippen LogP) is 2.77. The summed E-state index contributed by atoms with van der Waals surface area (Å²) >= 11 is 5.88. The van der Waals surface area contributed by atoms with Gasteiger partial charge in [0.05, 0.1) is 0 Å². The van der Waals surface area contributed by atoms with Gasteiger partial charge < -0.3 is 4.90 Å². The molecule has 1 amide bonds. The average molecular weight is 253 g/mol. The van der Waals surface area contributed by atoms with Gasteiger partial charge in [-0.1, -0.05) is 25.4 Å². The molecule has 1 aromatic rings. The van der Waals surface area contributed by atoms with E-state index in [0.717, 1.165) is 18.8 Å². The zero-order chi connectivity index (χ0) is 12.6. The lowest BCUT2D eigenvalue weighted by atomic mass is 10.0. The van der Waals surface area contributed by atoms with Crippen LogP contribution in [0.15, 0.2) is 12.1 Å². The highest BCUT2D eigenvalue weighted by molar-refractivity contribution is 6.29. The topological polar surface area (TPSA) is 33.2 Å². The van der Waals surface area contributed by atoms with Gasteiger partial charge in [0, 0.05) is 24.3 Å². The molecule has 4 heteroatoms. The minimum atomic E-state index is 0.0635. The van der Waals surface area contributed by atoms with E-state index in [-0.39, 0.29) is 5.91 Å². The molecule has 0 N–H and O–H groups in total. The number of hydrogen-bond donors (Lipinski definition) is 0. The molecule has 1 fully saturated rings. The maximum atomic E-state index is 12.3. The molecule has 0 aliphatic carbocycles. The van der Waals surface area contributed by atoms with Crippen LogP contribution in [0.4, 0.5) is 0 Å². The maximum absolute atomic E-state index is 12.3. The Bertz CT molecular complexity index is 417. The van der Waals surface area contributed by atoms with Crippen LogP contribution in [0.1, 0.15) is 29.9 Å². The van der Waals surface area contributed by atoms with Gasteiger partial charge in [0.1, 0.15) is 5.15 Å². The number of hydrogen-bond acceptors (Lipinski definition) is 2. The van der Waals surface area contributed by atoms with Crippen molar-refractivity contribution in [2.75, 3.05) is 13.1 Å². The molecule has 1 aliphatic rings. The zero-order valence-electron chi connectivity index (χ0n) is 10.4. The quantitative estimate of drug-likeness (QED) is 0.720. The molecule has 92 valence electrons. The Balaban J connectivity index is 2.20. The first-order valence-electron chi connectivity index (χ1n) is 5.91. The van der Waals surface area contributed by atoms with Crippen LogP contribution in [0.2, 0.25) is 5.15 Å². The molecule has 0 radical (unpaired) electrons. The van der Waals surface area contributed by atoms with Crippen LogP contribution in [0.25, 0.3) is 0 Å². The fraction of sp³-hybridized carbons (Fsp3) is 0.538. The minimum absolute atomic E-state index is 0.0635. The monoisotopic (exact) mass is 252 g/mol. The highest BCUT2D eigenvalue weighted by atomic mass is 35.5. The van der Waals surface area contributed by atoms with Crippen molar-refractivity contribution in [2.45, 2.75) is 20.8 Å². The van der Waals surface area contributed by atoms with Crippen LogP contribution in [0, 0.1) is 18.8 Å².